The number of ketones is 1. The highest BCUT2D eigenvalue weighted by Crippen LogP contribution is 2.25. The van der Waals surface area contributed by atoms with E-state index in [4.69, 9.17) is 9.15 Å². The SMILES string of the molecule is C[C@H](C(=O)OCC(=O)c1cc2ccccc2o1)N1C(=O)c2ccccc2C1=O. The number of carbonyl (C=O) groups excluding carboxylic acids is 4. The average molecular weight is 377 g/mol. The van der Waals surface area contributed by atoms with Crippen molar-refractivity contribution in [2.75, 3.05) is 6.61 Å². The maximum Gasteiger partial charge on any atom is 0.329 e. The van der Waals surface area contributed by atoms with Crippen molar-refractivity contribution in [3.8, 4) is 0 Å². The number of furan rings is 1. The number of benzene rings is 2. The van der Waals surface area contributed by atoms with Gasteiger partial charge in [-0.25, -0.2) is 4.79 Å². The zero-order chi connectivity index (χ0) is 19.8. The molecule has 0 N–H and O–H groups in total. The molecule has 2 aromatic carbocycles. The molecular formula is C21H15NO6. The Bertz CT molecular complexity index is 1060. The van der Waals surface area contributed by atoms with E-state index in [1.54, 1.807) is 36.4 Å². The van der Waals surface area contributed by atoms with Crippen LogP contribution in [0.5, 0.6) is 0 Å². The Morgan fingerprint density at radius 2 is 1.61 bits per heavy atom. The third kappa shape index (κ3) is 2.87. The van der Waals surface area contributed by atoms with Crippen LogP contribution in [0.25, 0.3) is 11.0 Å². The molecule has 0 fully saturated rings. The predicted molar refractivity (Wildman–Crippen MR) is 97.9 cm³/mol. The Hall–Kier alpha value is -3.74. The zero-order valence-corrected chi connectivity index (χ0v) is 14.9. The van der Waals surface area contributed by atoms with E-state index < -0.39 is 36.2 Å². The number of Topliss-reactive ketones (excluding diaryl/α,β-unsaturated/α-hetero) is 1. The molecule has 0 aliphatic carbocycles. The molecule has 0 spiro atoms. The molecular weight excluding hydrogens is 362 g/mol. The molecule has 28 heavy (non-hydrogen) atoms. The maximum atomic E-state index is 12.4. The molecule has 140 valence electrons. The van der Waals surface area contributed by atoms with E-state index in [9.17, 15) is 19.2 Å². The zero-order valence-electron chi connectivity index (χ0n) is 14.9. The Balaban J connectivity index is 1.43. The second-order valence-corrected chi connectivity index (χ2v) is 6.38. The van der Waals surface area contributed by atoms with Crippen molar-refractivity contribution in [1.82, 2.24) is 4.90 Å². The minimum absolute atomic E-state index is 0.0717. The van der Waals surface area contributed by atoms with Crippen molar-refractivity contribution in [3.63, 3.8) is 0 Å². The van der Waals surface area contributed by atoms with Gasteiger partial charge in [0.25, 0.3) is 11.8 Å². The smallest absolute Gasteiger partial charge is 0.329 e. The van der Waals surface area contributed by atoms with Crippen molar-refractivity contribution in [1.29, 1.82) is 0 Å². The van der Waals surface area contributed by atoms with Crippen LogP contribution in [0.4, 0.5) is 0 Å². The van der Waals surface area contributed by atoms with E-state index in [0.29, 0.717) is 5.58 Å². The number of hydrogen-bond acceptors (Lipinski definition) is 6. The van der Waals surface area contributed by atoms with Crippen molar-refractivity contribution in [2.24, 2.45) is 0 Å². The number of para-hydroxylation sites is 1. The van der Waals surface area contributed by atoms with E-state index in [1.807, 2.05) is 6.07 Å². The number of nitrogens with zero attached hydrogens (tertiary/aromatic N) is 1. The molecule has 1 aliphatic rings. The molecule has 3 aromatic rings. The normalized spacial score (nSPS) is 14.2. The fourth-order valence-corrected chi connectivity index (χ4v) is 3.11. The minimum Gasteiger partial charge on any atom is -0.456 e. The van der Waals surface area contributed by atoms with Gasteiger partial charge in [0.1, 0.15) is 11.6 Å². The van der Waals surface area contributed by atoms with E-state index in [1.165, 1.54) is 19.1 Å². The topological polar surface area (TPSA) is 93.9 Å². The molecule has 0 unspecified atom stereocenters. The van der Waals surface area contributed by atoms with Gasteiger partial charge in [-0.2, -0.15) is 0 Å². The van der Waals surface area contributed by atoms with Crippen LogP contribution in [0.2, 0.25) is 0 Å². The van der Waals surface area contributed by atoms with Gasteiger partial charge in [0.05, 0.1) is 11.1 Å². The number of carbonyl (C=O) groups is 4. The van der Waals surface area contributed by atoms with Crippen LogP contribution in [0, 0.1) is 0 Å². The van der Waals surface area contributed by atoms with Crippen molar-refractivity contribution < 1.29 is 28.3 Å². The number of amides is 2. The summed E-state index contributed by atoms with van der Waals surface area (Å²) >= 11 is 0. The molecule has 1 aromatic heterocycles. The van der Waals surface area contributed by atoms with E-state index in [0.717, 1.165) is 10.3 Å². The first-order valence-corrected chi connectivity index (χ1v) is 8.62. The van der Waals surface area contributed by atoms with Crippen molar-refractivity contribution in [3.05, 3.63) is 71.5 Å². The van der Waals surface area contributed by atoms with Crippen LogP contribution >= 0.6 is 0 Å². The molecule has 4 rings (SSSR count). The second-order valence-electron chi connectivity index (χ2n) is 6.38. The molecule has 7 heteroatoms. The quantitative estimate of drug-likeness (QED) is 0.386. The Kier molecular flexibility index (Phi) is 4.27. The molecule has 1 aliphatic heterocycles. The minimum atomic E-state index is -1.16. The van der Waals surface area contributed by atoms with Gasteiger partial charge < -0.3 is 9.15 Å². The number of hydrogen-bond donors (Lipinski definition) is 0. The van der Waals surface area contributed by atoms with Crippen LogP contribution in [0.15, 0.2) is 59.0 Å². The summed E-state index contributed by atoms with van der Waals surface area (Å²) in [5, 5.41) is 0.761. The summed E-state index contributed by atoms with van der Waals surface area (Å²) in [5.41, 5.74) is 1.03. The number of esters is 1. The number of fused-ring (bicyclic) bond motifs is 2. The monoisotopic (exact) mass is 377 g/mol. The maximum absolute atomic E-state index is 12.4. The Labute approximate surface area is 159 Å². The average Bonchev–Trinajstić information content (AvgIpc) is 3.25. The number of rotatable bonds is 5. The van der Waals surface area contributed by atoms with Crippen LogP contribution < -0.4 is 0 Å². The fourth-order valence-electron chi connectivity index (χ4n) is 3.11. The molecule has 0 bridgehead atoms. The van der Waals surface area contributed by atoms with E-state index >= 15 is 0 Å². The van der Waals surface area contributed by atoms with Crippen LogP contribution in [0.3, 0.4) is 0 Å². The Morgan fingerprint density at radius 1 is 1.00 bits per heavy atom. The second kappa shape index (κ2) is 6.77. The van der Waals surface area contributed by atoms with Crippen molar-refractivity contribution >= 4 is 34.5 Å². The van der Waals surface area contributed by atoms with E-state index in [-0.39, 0.29) is 16.9 Å². The van der Waals surface area contributed by atoms with Gasteiger partial charge >= 0.3 is 5.97 Å². The van der Waals surface area contributed by atoms with E-state index in [2.05, 4.69) is 0 Å². The lowest BCUT2D eigenvalue weighted by Gasteiger charge is -2.20. The molecule has 2 heterocycles. The fraction of sp³-hybridized carbons (Fsp3) is 0.143. The molecule has 7 nitrogen and oxygen atoms in total. The standard InChI is InChI=1S/C21H15NO6/c1-12(22-19(24)14-7-3-4-8-15(14)20(22)25)21(26)27-11-16(23)18-10-13-6-2-5-9-17(13)28-18/h2-10,12H,11H2,1H3/t12-/m1/s1. The summed E-state index contributed by atoms with van der Waals surface area (Å²) in [5.74, 6) is -2.41. The first kappa shape index (κ1) is 17.7. The van der Waals surface area contributed by atoms with Crippen LogP contribution in [-0.2, 0) is 9.53 Å². The highest BCUT2D eigenvalue weighted by molar-refractivity contribution is 6.22. The summed E-state index contributed by atoms with van der Waals surface area (Å²) in [7, 11) is 0. The first-order chi connectivity index (χ1) is 13.5. The van der Waals surface area contributed by atoms with Crippen LogP contribution in [0.1, 0.15) is 38.2 Å². The highest BCUT2D eigenvalue weighted by atomic mass is 16.5. The predicted octanol–water partition coefficient (Wildman–Crippen LogP) is 2.84. The molecule has 0 saturated heterocycles. The molecule has 0 saturated carbocycles. The first-order valence-electron chi connectivity index (χ1n) is 8.62. The summed E-state index contributed by atoms with van der Waals surface area (Å²) in [6.07, 6.45) is 0. The highest BCUT2D eigenvalue weighted by Gasteiger charge is 2.41. The van der Waals surface area contributed by atoms with Gasteiger partial charge in [0.15, 0.2) is 12.4 Å². The number of ether oxygens (including phenoxy) is 1. The lowest BCUT2D eigenvalue weighted by molar-refractivity contribution is -0.146. The van der Waals surface area contributed by atoms with Gasteiger partial charge in [0, 0.05) is 5.39 Å². The van der Waals surface area contributed by atoms with Gasteiger partial charge in [0.2, 0.25) is 5.78 Å². The third-order valence-electron chi connectivity index (χ3n) is 4.60. The summed E-state index contributed by atoms with van der Waals surface area (Å²) in [6.45, 7) is 0.835. The van der Waals surface area contributed by atoms with Crippen molar-refractivity contribution in [2.45, 2.75) is 13.0 Å². The van der Waals surface area contributed by atoms with Gasteiger partial charge in [-0.15, -0.1) is 0 Å². The third-order valence-corrected chi connectivity index (χ3v) is 4.60. The summed E-state index contributed by atoms with van der Waals surface area (Å²) in [4.78, 5) is 50.3. The van der Waals surface area contributed by atoms with Gasteiger partial charge in [-0.1, -0.05) is 30.3 Å². The molecule has 2 amide bonds. The summed E-state index contributed by atoms with van der Waals surface area (Å²) < 4.78 is 10.5. The van der Waals surface area contributed by atoms with Gasteiger partial charge in [-0.05, 0) is 31.2 Å². The summed E-state index contributed by atoms with van der Waals surface area (Å²) in [6, 6.07) is 13.9. The van der Waals surface area contributed by atoms with Gasteiger partial charge in [-0.3, -0.25) is 19.3 Å². The largest absolute Gasteiger partial charge is 0.456 e. The number of imide groups is 1. The Morgan fingerprint density at radius 3 is 2.25 bits per heavy atom. The lowest BCUT2D eigenvalue weighted by Crippen LogP contribution is -2.44. The van der Waals surface area contributed by atoms with Crippen LogP contribution in [-0.4, -0.2) is 41.1 Å². The molecule has 1 atom stereocenters. The lowest BCUT2D eigenvalue weighted by atomic mass is 10.1. The molecule has 0 radical (unpaired) electrons.